The summed E-state index contributed by atoms with van der Waals surface area (Å²) in [5.74, 6) is 0.133. The first-order valence-electron chi connectivity index (χ1n) is 7.50. The van der Waals surface area contributed by atoms with Gasteiger partial charge in [0.1, 0.15) is 0 Å². The van der Waals surface area contributed by atoms with Gasteiger partial charge in [-0.05, 0) is 30.4 Å². The molecular formula is C16H22N2O2. The minimum atomic E-state index is 0.133. The molecule has 1 amide bonds. The molecule has 0 aromatic heterocycles. The molecule has 1 saturated heterocycles. The van der Waals surface area contributed by atoms with Crippen LogP contribution in [0.3, 0.4) is 0 Å². The monoisotopic (exact) mass is 274 g/mol. The molecule has 1 N–H and O–H groups in total. The minimum Gasteiger partial charge on any atom is -0.379 e. The molecule has 1 aromatic rings. The predicted molar refractivity (Wildman–Crippen MR) is 77.5 cm³/mol. The van der Waals surface area contributed by atoms with Crippen molar-refractivity contribution in [3.8, 4) is 0 Å². The van der Waals surface area contributed by atoms with Gasteiger partial charge in [0.25, 0.3) is 0 Å². The first kappa shape index (κ1) is 13.6. The molecule has 0 spiro atoms. The summed E-state index contributed by atoms with van der Waals surface area (Å²) in [6.45, 7) is 3.67. The maximum Gasteiger partial charge on any atom is 0.234 e. The molecule has 20 heavy (non-hydrogen) atoms. The van der Waals surface area contributed by atoms with E-state index < -0.39 is 0 Å². The van der Waals surface area contributed by atoms with Crippen LogP contribution < -0.4 is 5.32 Å². The molecular weight excluding hydrogens is 252 g/mol. The van der Waals surface area contributed by atoms with Crippen molar-refractivity contribution < 1.29 is 9.53 Å². The second kappa shape index (κ2) is 6.37. The third-order valence-corrected chi connectivity index (χ3v) is 4.18. The molecule has 0 radical (unpaired) electrons. The molecule has 1 aliphatic carbocycles. The van der Waals surface area contributed by atoms with Crippen LogP contribution in [0.2, 0.25) is 0 Å². The van der Waals surface area contributed by atoms with Gasteiger partial charge in [-0.2, -0.15) is 0 Å². The number of carbonyl (C=O) groups is 1. The van der Waals surface area contributed by atoms with Crippen LogP contribution in [0.5, 0.6) is 0 Å². The fourth-order valence-electron chi connectivity index (χ4n) is 3.11. The lowest BCUT2D eigenvalue weighted by Gasteiger charge is -2.29. The van der Waals surface area contributed by atoms with Crippen LogP contribution >= 0.6 is 0 Å². The van der Waals surface area contributed by atoms with Crippen LogP contribution in [-0.4, -0.2) is 43.7 Å². The molecule has 4 nitrogen and oxygen atoms in total. The number of hydrogen-bond acceptors (Lipinski definition) is 3. The molecule has 1 fully saturated rings. The number of benzene rings is 1. The molecule has 0 unspecified atom stereocenters. The molecule has 1 heterocycles. The normalized spacial score (nSPS) is 23.1. The summed E-state index contributed by atoms with van der Waals surface area (Å²) in [7, 11) is 0. The summed E-state index contributed by atoms with van der Waals surface area (Å²) in [6.07, 6.45) is 3.33. The van der Waals surface area contributed by atoms with E-state index in [1.54, 1.807) is 0 Å². The van der Waals surface area contributed by atoms with E-state index in [4.69, 9.17) is 4.74 Å². The van der Waals surface area contributed by atoms with Crippen molar-refractivity contribution in [3.63, 3.8) is 0 Å². The summed E-state index contributed by atoms with van der Waals surface area (Å²) in [4.78, 5) is 14.4. The van der Waals surface area contributed by atoms with E-state index in [9.17, 15) is 4.79 Å². The molecule has 0 saturated carbocycles. The number of carbonyl (C=O) groups excluding carboxylic acids is 1. The number of morpholine rings is 1. The third kappa shape index (κ3) is 3.19. The Bertz CT molecular complexity index is 469. The highest BCUT2D eigenvalue weighted by Crippen LogP contribution is 2.29. The topological polar surface area (TPSA) is 41.6 Å². The first-order valence-corrected chi connectivity index (χ1v) is 7.50. The number of nitrogens with one attached hydrogen (secondary N) is 1. The van der Waals surface area contributed by atoms with E-state index in [-0.39, 0.29) is 11.9 Å². The molecule has 0 bridgehead atoms. The summed E-state index contributed by atoms with van der Waals surface area (Å²) in [6, 6.07) is 8.65. The predicted octanol–water partition coefficient (Wildman–Crippen LogP) is 1.51. The van der Waals surface area contributed by atoms with Crippen LogP contribution in [0, 0.1) is 0 Å². The number of ether oxygens (including phenoxy) is 1. The highest BCUT2D eigenvalue weighted by molar-refractivity contribution is 5.78. The Balaban J connectivity index is 1.59. The molecule has 1 aliphatic heterocycles. The van der Waals surface area contributed by atoms with Gasteiger partial charge in [-0.3, -0.25) is 9.69 Å². The number of fused-ring (bicyclic) bond motifs is 1. The highest BCUT2D eigenvalue weighted by Gasteiger charge is 2.22. The van der Waals surface area contributed by atoms with Crippen LogP contribution in [0.15, 0.2) is 24.3 Å². The van der Waals surface area contributed by atoms with Crippen molar-refractivity contribution in [2.24, 2.45) is 0 Å². The fourth-order valence-corrected chi connectivity index (χ4v) is 3.11. The molecule has 2 aliphatic rings. The van der Waals surface area contributed by atoms with Gasteiger partial charge in [0.15, 0.2) is 0 Å². The van der Waals surface area contributed by atoms with Crippen molar-refractivity contribution >= 4 is 5.91 Å². The first-order chi connectivity index (χ1) is 9.83. The third-order valence-electron chi connectivity index (χ3n) is 4.18. The van der Waals surface area contributed by atoms with E-state index in [0.29, 0.717) is 6.54 Å². The van der Waals surface area contributed by atoms with E-state index >= 15 is 0 Å². The number of aryl methyl sites for hydroxylation is 1. The van der Waals surface area contributed by atoms with Gasteiger partial charge in [0, 0.05) is 13.1 Å². The Hall–Kier alpha value is -1.39. The molecule has 108 valence electrons. The summed E-state index contributed by atoms with van der Waals surface area (Å²) < 4.78 is 5.30. The zero-order valence-corrected chi connectivity index (χ0v) is 11.8. The quantitative estimate of drug-likeness (QED) is 0.908. The van der Waals surface area contributed by atoms with Gasteiger partial charge in [-0.1, -0.05) is 24.3 Å². The second-order valence-electron chi connectivity index (χ2n) is 5.60. The summed E-state index contributed by atoms with van der Waals surface area (Å²) >= 11 is 0. The maximum absolute atomic E-state index is 12.2. The van der Waals surface area contributed by atoms with E-state index in [2.05, 4.69) is 34.5 Å². The molecule has 1 atom stereocenters. The van der Waals surface area contributed by atoms with Crippen LogP contribution in [0.4, 0.5) is 0 Å². The van der Waals surface area contributed by atoms with Crippen molar-refractivity contribution in [3.05, 3.63) is 35.4 Å². The van der Waals surface area contributed by atoms with Crippen molar-refractivity contribution in [2.75, 3.05) is 32.8 Å². The Morgan fingerprint density at radius 1 is 1.30 bits per heavy atom. The summed E-state index contributed by atoms with van der Waals surface area (Å²) in [5.41, 5.74) is 2.68. The van der Waals surface area contributed by atoms with Gasteiger partial charge >= 0.3 is 0 Å². The Labute approximate surface area is 120 Å². The average molecular weight is 274 g/mol. The minimum absolute atomic E-state index is 0.133. The Kier molecular flexibility index (Phi) is 4.33. The van der Waals surface area contributed by atoms with Crippen molar-refractivity contribution in [2.45, 2.75) is 25.3 Å². The van der Waals surface area contributed by atoms with Crippen LogP contribution in [0.1, 0.15) is 30.0 Å². The maximum atomic E-state index is 12.2. The number of nitrogens with zero attached hydrogens (tertiary/aromatic N) is 1. The molecule has 4 heteroatoms. The van der Waals surface area contributed by atoms with Crippen LogP contribution in [0.25, 0.3) is 0 Å². The standard InChI is InChI=1S/C16H22N2O2/c19-16(12-18-8-10-20-11-9-18)17-15-7-3-5-13-4-1-2-6-14(13)15/h1-2,4,6,15H,3,5,7-12H2,(H,17,19)/t15-/m1/s1. The lowest BCUT2D eigenvalue weighted by molar-refractivity contribution is -0.124. The molecule has 1 aromatic carbocycles. The number of hydrogen-bond donors (Lipinski definition) is 1. The van der Waals surface area contributed by atoms with Gasteiger partial charge in [0.05, 0.1) is 25.8 Å². The van der Waals surface area contributed by atoms with Crippen molar-refractivity contribution in [1.29, 1.82) is 0 Å². The second-order valence-corrected chi connectivity index (χ2v) is 5.60. The Morgan fingerprint density at radius 3 is 2.95 bits per heavy atom. The number of rotatable bonds is 3. The van der Waals surface area contributed by atoms with Gasteiger partial charge in [-0.25, -0.2) is 0 Å². The van der Waals surface area contributed by atoms with E-state index in [1.807, 2.05) is 0 Å². The highest BCUT2D eigenvalue weighted by atomic mass is 16.5. The SMILES string of the molecule is O=C(CN1CCOCC1)N[C@@H]1CCCc2ccccc21. The Morgan fingerprint density at radius 2 is 2.10 bits per heavy atom. The van der Waals surface area contributed by atoms with E-state index in [0.717, 1.165) is 45.6 Å². The van der Waals surface area contributed by atoms with E-state index in [1.165, 1.54) is 11.1 Å². The van der Waals surface area contributed by atoms with Gasteiger partial charge in [0.2, 0.25) is 5.91 Å². The average Bonchev–Trinajstić information content (AvgIpc) is 2.48. The van der Waals surface area contributed by atoms with Crippen molar-refractivity contribution in [1.82, 2.24) is 10.2 Å². The van der Waals surface area contributed by atoms with Gasteiger partial charge in [-0.15, -0.1) is 0 Å². The van der Waals surface area contributed by atoms with Crippen LogP contribution in [-0.2, 0) is 16.0 Å². The smallest absolute Gasteiger partial charge is 0.234 e. The summed E-state index contributed by atoms with van der Waals surface area (Å²) in [5, 5.41) is 3.20. The fraction of sp³-hybridized carbons (Fsp3) is 0.562. The lowest BCUT2D eigenvalue weighted by atomic mass is 9.88. The van der Waals surface area contributed by atoms with Gasteiger partial charge < -0.3 is 10.1 Å². The zero-order valence-electron chi connectivity index (χ0n) is 11.8. The number of amides is 1. The lowest BCUT2D eigenvalue weighted by Crippen LogP contribution is -2.44. The zero-order chi connectivity index (χ0) is 13.8. The molecule has 3 rings (SSSR count). The largest absolute Gasteiger partial charge is 0.379 e.